The van der Waals surface area contributed by atoms with E-state index in [0.29, 0.717) is 22.3 Å². The minimum atomic E-state index is -0.547. The number of rotatable bonds is 6. The summed E-state index contributed by atoms with van der Waals surface area (Å²) in [7, 11) is 0. The van der Waals surface area contributed by atoms with Gasteiger partial charge in [-0.05, 0) is 24.3 Å². The molecule has 0 saturated carbocycles. The summed E-state index contributed by atoms with van der Waals surface area (Å²) in [5, 5.41) is 23.7. The molecule has 0 amide bonds. The number of nitrogens with zero attached hydrogens (tertiary/aromatic N) is 2. The predicted molar refractivity (Wildman–Crippen MR) is 137 cm³/mol. The third-order valence-corrected chi connectivity index (χ3v) is 6.69. The molecular formula is C24H12Cl4N2O5. The van der Waals surface area contributed by atoms with Crippen LogP contribution in [-0.2, 0) is 0 Å². The molecule has 0 unspecified atom stereocenters. The number of ether oxygens (including phenoxy) is 1. The van der Waals surface area contributed by atoms with Crippen molar-refractivity contribution in [1.82, 2.24) is 0 Å². The van der Waals surface area contributed by atoms with Crippen LogP contribution < -0.4 is 4.74 Å². The Kier molecular flexibility index (Phi) is 7.14. The van der Waals surface area contributed by atoms with Crippen LogP contribution in [0.3, 0.4) is 0 Å². The predicted octanol–water partition coefficient (Wildman–Crippen LogP) is 9.24. The van der Waals surface area contributed by atoms with E-state index in [4.69, 9.17) is 51.1 Å². The van der Waals surface area contributed by atoms with Gasteiger partial charge in [0, 0.05) is 46.5 Å². The van der Waals surface area contributed by atoms with E-state index in [1.165, 1.54) is 36.4 Å². The van der Waals surface area contributed by atoms with Crippen LogP contribution in [0.25, 0.3) is 22.3 Å². The SMILES string of the molecule is O=[N+]([O-])c1ccc(Oc2ccc([N+](=O)[O-])cc2-c2cccc(Cl)c2Cl)c(-c2cccc(Cl)c2Cl)c1. The standard InChI is InChI=1S/C24H12Cl4N2O5/c25-19-5-1-3-15(23(19)27)17-11-13(29(31)32)7-9-21(17)35-22-10-8-14(30(33)34)12-18(22)16-4-2-6-20(26)24(16)28/h1-12H. The summed E-state index contributed by atoms with van der Waals surface area (Å²) in [6.45, 7) is 0. The lowest BCUT2D eigenvalue weighted by Crippen LogP contribution is -1.96. The Morgan fingerprint density at radius 1 is 0.571 bits per heavy atom. The third-order valence-electron chi connectivity index (χ3n) is 5.05. The van der Waals surface area contributed by atoms with Crippen molar-refractivity contribution in [2.75, 3.05) is 0 Å². The summed E-state index contributed by atoms with van der Waals surface area (Å²) in [6, 6.07) is 17.7. The second-order valence-electron chi connectivity index (χ2n) is 7.18. The highest BCUT2D eigenvalue weighted by atomic mass is 35.5. The van der Waals surface area contributed by atoms with E-state index in [-0.39, 0.29) is 43.0 Å². The summed E-state index contributed by atoms with van der Waals surface area (Å²) in [5.74, 6) is 0.404. The smallest absolute Gasteiger partial charge is 0.270 e. The van der Waals surface area contributed by atoms with E-state index in [1.54, 1.807) is 36.4 Å². The summed E-state index contributed by atoms with van der Waals surface area (Å²) in [4.78, 5) is 21.8. The fourth-order valence-corrected chi connectivity index (χ4v) is 4.21. The Balaban J connectivity index is 1.92. The molecular weight excluding hydrogens is 538 g/mol. The fraction of sp³-hybridized carbons (Fsp3) is 0. The molecule has 4 aromatic rings. The van der Waals surface area contributed by atoms with Crippen molar-refractivity contribution in [3.8, 4) is 33.8 Å². The van der Waals surface area contributed by atoms with Gasteiger partial charge in [0.25, 0.3) is 11.4 Å². The van der Waals surface area contributed by atoms with Crippen LogP contribution in [0.15, 0.2) is 72.8 Å². The minimum absolute atomic E-state index is 0.182. The molecule has 7 nitrogen and oxygen atoms in total. The van der Waals surface area contributed by atoms with Crippen molar-refractivity contribution < 1.29 is 14.6 Å². The molecule has 0 N–H and O–H groups in total. The van der Waals surface area contributed by atoms with Crippen LogP contribution in [0, 0.1) is 20.2 Å². The highest BCUT2D eigenvalue weighted by molar-refractivity contribution is 6.44. The first kappa shape index (κ1) is 24.8. The van der Waals surface area contributed by atoms with Gasteiger partial charge in [0.2, 0.25) is 0 Å². The van der Waals surface area contributed by atoms with E-state index < -0.39 is 9.85 Å². The molecule has 176 valence electrons. The van der Waals surface area contributed by atoms with Crippen LogP contribution in [0.2, 0.25) is 20.1 Å². The maximum Gasteiger partial charge on any atom is 0.270 e. The number of nitro groups is 2. The van der Waals surface area contributed by atoms with Crippen molar-refractivity contribution in [3.63, 3.8) is 0 Å². The topological polar surface area (TPSA) is 95.5 Å². The summed E-state index contributed by atoms with van der Waals surface area (Å²) < 4.78 is 6.16. The Morgan fingerprint density at radius 3 is 1.34 bits per heavy atom. The zero-order valence-electron chi connectivity index (χ0n) is 17.4. The molecule has 0 heterocycles. The Morgan fingerprint density at radius 2 is 0.971 bits per heavy atom. The van der Waals surface area contributed by atoms with E-state index >= 15 is 0 Å². The second-order valence-corrected chi connectivity index (χ2v) is 8.75. The fourth-order valence-electron chi connectivity index (χ4n) is 3.40. The molecule has 35 heavy (non-hydrogen) atoms. The first-order valence-electron chi connectivity index (χ1n) is 9.81. The van der Waals surface area contributed by atoms with Crippen molar-refractivity contribution in [1.29, 1.82) is 0 Å². The summed E-state index contributed by atoms with van der Waals surface area (Å²) >= 11 is 25.1. The number of halogens is 4. The maximum absolute atomic E-state index is 11.4. The van der Waals surface area contributed by atoms with Crippen molar-refractivity contribution in [2.24, 2.45) is 0 Å². The summed E-state index contributed by atoms with van der Waals surface area (Å²) in [6.07, 6.45) is 0. The molecule has 0 aliphatic carbocycles. The third kappa shape index (κ3) is 5.04. The lowest BCUT2D eigenvalue weighted by Gasteiger charge is -2.16. The summed E-state index contributed by atoms with van der Waals surface area (Å²) in [5.41, 5.74) is 1.03. The van der Waals surface area contributed by atoms with Crippen molar-refractivity contribution in [2.45, 2.75) is 0 Å². The maximum atomic E-state index is 11.4. The highest BCUT2D eigenvalue weighted by Crippen LogP contribution is 2.45. The molecule has 0 aromatic heterocycles. The largest absolute Gasteiger partial charge is 0.456 e. The van der Waals surface area contributed by atoms with Crippen LogP contribution in [0.4, 0.5) is 11.4 Å². The van der Waals surface area contributed by atoms with Crippen LogP contribution in [0.1, 0.15) is 0 Å². The van der Waals surface area contributed by atoms with Gasteiger partial charge in [-0.2, -0.15) is 0 Å². The average molecular weight is 550 g/mol. The normalized spacial score (nSPS) is 10.7. The molecule has 0 atom stereocenters. The quantitative estimate of drug-likeness (QED) is 0.176. The second kappa shape index (κ2) is 10.1. The molecule has 0 bridgehead atoms. The Bertz CT molecular complexity index is 1380. The molecule has 0 aliphatic heterocycles. The number of benzene rings is 4. The van der Waals surface area contributed by atoms with Crippen LogP contribution in [0.5, 0.6) is 11.5 Å². The molecule has 0 aliphatic rings. The van der Waals surface area contributed by atoms with Crippen molar-refractivity contribution in [3.05, 3.63) is 113 Å². The van der Waals surface area contributed by atoms with E-state index in [9.17, 15) is 20.2 Å². The molecule has 11 heteroatoms. The number of nitro benzene ring substituents is 2. The van der Waals surface area contributed by atoms with Gasteiger partial charge < -0.3 is 4.74 Å². The Labute approximate surface area is 218 Å². The molecule has 0 fully saturated rings. The van der Waals surface area contributed by atoms with Crippen LogP contribution in [-0.4, -0.2) is 9.85 Å². The average Bonchev–Trinajstić information content (AvgIpc) is 2.83. The number of hydrogen-bond donors (Lipinski definition) is 0. The first-order valence-corrected chi connectivity index (χ1v) is 11.3. The van der Waals surface area contributed by atoms with Gasteiger partial charge in [-0.3, -0.25) is 20.2 Å². The lowest BCUT2D eigenvalue weighted by atomic mass is 10.0. The monoisotopic (exact) mass is 548 g/mol. The molecule has 0 saturated heterocycles. The van der Waals surface area contributed by atoms with E-state index in [2.05, 4.69) is 0 Å². The zero-order valence-corrected chi connectivity index (χ0v) is 20.4. The van der Waals surface area contributed by atoms with Crippen LogP contribution >= 0.6 is 46.4 Å². The Hall–Kier alpha value is -3.36. The molecule has 4 rings (SSSR count). The van der Waals surface area contributed by atoms with Gasteiger partial charge in [-0.25, -0.2) is 0 Å². The van der Waals surface area contributed by atoms with Gasteiger partial charge in [-0.1, -0.05) is 70.7 Å². The van der Waals surface area contributed by atoms with Gasteiger partial charge in [0.1, 0.15) is 11.5 Å². The van der Waals surface area contributed by atoms with E-state index in [1.807, 2.05) is 0 Å². The molecule has 4 aromatic carbocycles. The zero-order chi connectivity index (χ0) is 25.3. The number of non-ortho nitro benzene ring substituents is 2. The highest BCUT2D eigenvalue weighted by Gasteiger charge is 2.21. The lowest BCUT2D eigenvalue weighted by molar-refractivity contribution is -0.385. The van der Waals surface area contributed by atoms with Gasteiger partial charge in [0.05, 0.1) is 29.9 Å². The molecule has 0 radical (unpaired) electrons. The van der Waals surface area contributed by atoms with Gasteiger partial charge in [0.15, 0.2) is 0 Å². The van der Waals surface area contributed by atoms with Gasteiger partial charge in [-0.15, -0.1) is 0 Å². The number of hydrogen-bond acceptors (Lipinski definition) is 5. The first-order chi connectivity index (χ1) is 16.7. The van der Waals surface area contributed by atoms with Crippen molar-refractivity contribution >= 4 is 57.8 Å². The van der Waals surface area contributed by atoms with E-state index in [0.717, 1.165) is 0 Å². The minimum Gasteiger partial charge on any atom is -0.456 e. The van der Waals surface area contributed by atoms with Gasteiger partial charge >= 0.3 is 0 Å². The molecule has 0 spiro atoms.